The van der Waals surface area contributed by atoms with Crippen molar-refractivity contribution in [1.29, 1.82) is 0 Å². The zero-order valence-corrected chi connectivity index (χ0v) is 25.5. The van der Waals surface area contributed by atoms with Crippen molar-refractivity contribution in [2.45, 2.75) is 72.0 Å². The number of fused-ring (bicyclic) bond motifs is 1. The number of likely N-dealkylation sites (N-methyl/N-ethyl adjacent to an activating group) is 1. The Morgan fingerprint density at radius 2 is 1.90 bits per heavy atom. The Morgan fingerprint density at radius 3 is 2.46 bits per heavy atom. The largest absolute Gasteiger partial charge is 0.464 e. The fourth-order valence-corrected chi connectivity index (χ4v) is 5.51. The van der Waals surface area contributed by atoms with E-state index in [2.05, 4.69) is 45.2 Å². The van der Waals surface area contributed by atoms with Gasteiger partial charge in [0.1, 0.15) is 11.9 Å². The number of amides is 1. The van der Waals surface area contributed by atoms with Crippen molar-refractivity contribution in [2.24, 2.45) is 17.8 Å². The average molecular weight is 583 g/mol. The van der Waals surface area contributed by atoms with Crippen molar-refractivity contribution >= 4 is 51.8 Å². The van der Waals surface area contributed by atoms with Crippen LogP contribution in [0.4, 0.5) is 5.69 Å². The number of anilines is 1. The summed E-state index contributed by atoms with van der Waals surface area (Å²) in [7, 11) is 1.77. The molecule has 10 heteroatoms. The summed E-state index contributed by atoms with van der Waals surface area (Å²) >= 11 is 12.1. The van der Waals surface area contributed by atoms with Crippen molar-refractivity contribution in [1.82, 2.24) is 20.2 Å². The second-order valence-electron chi connectivity index (χ2n) is 11.0. The predicted octanol–water partition coefficient (Wildman–Crippen LogP) is 4.59. The molecule has 0 bridgehead atoms. The summed E-state index contributed by atoms with van der Waals surface area (Å²) in [4.78, 5) is 32.9. The number of nitrogens with zero attached hydrogens (tertiary/aromatic N) is 3. The van der Waals surface area contributed by atoms with E-state index < -0.39 is 12.1 Å². The molecule has 1 aromatic heterocycles. The van der Waals surface area contributed by atoms with Crippen LogP contribution in [0, 0.1) is 17.8 Å². The smallest absolute Gasteiger partial charge is 0.328 e. The number of alkyl halides is 2. The Balaban J connectivity index is 1.80. The lowest BCUT2D eigenvalue weighted by Crippen LogP contribution is -2.50. The molecule has 0 aliphatic heterocycles. The number of aryl methyl sites for hydroxylation is 1. The van der Waals surface area contributed by atoms with Gasteiger partial charge >= 0.3 is 5.97 Å². The van der Waals surface area contributed by atoms with Crippen molar-refractivity contribution in [3.05, 3.63) is 24.0 Å². The molecule has 1 heterocycles. The van der Waals surface area contributed by atoms with Gasteiger partial charge in [-0.25, -0.2) is 9.78 Å². The first-order valence-corrected chi connectivity index (χ1v) is 15.3. The maximum atomic E-state index is 13.2. The van der Waals surface area contributed by atoms with Crippen LogP contribution < -0.4 is 15.5 Å². The Hall–Kier alpha value is -2.03. The minimum Gasteiger partial charge on any atom is -0.464 e. The van der Waals surface area contributed by atoms with E-state index in [1.54, 1.807) is 14.0 Å². The van der Waals surface area contributed by atoms with Gasteiger partial charge in [-0.15, -0.1) is 23.2 Å². The summed E-state index contributed by atoms with van der Waals surface area (Å²) < 4.78 is 7.53. The van der Waals surface area contributed by atoms with E-state index in [9.17, 15) is 9.59 Å². The van der Waals surface area contributed by atoms with Crippen LogP contribution in [0.2, 0.25) is 0 Å². The lowest BCUT2D eigenvalue weighted by atomic mass is 10.0. The fourth-order valence-electron chi connectivity index (χ4n) is 5.10. The molecule has 218 valence electrons. The zero-order valence-electron chi connectivity index (χ0n) is 24.0. The van der Waals surface area contributed by atoms with Gasteiger partial charge in [-0.05, 0) is 69.2 Å². The lowest BCUT2D eigenvalue weighted by molar-refractivity contribution is -0.148. The number of carbonyl (C=O) groups is 2. The summed E-state index contributed by atoms with van der Waals surface area (Å²) in [6.07, 6.45) is 2.94. The molecular formula is C29H45Cl2N5O3. The third-order valence-electron chi connectivity index (χ3n) is 7.49. The number of esters is 1. The van der Waals surface area contributed by atoms with Gasteiger partial charge in [0.2, 0.25) is 5.91 Å². The van der Waals surface area contributed by atoms with Crippen LogP contribution in [0.25, 0.3) is 11.0 Å². The molecule has 1 fully saturated rings. The van der Waals surface area contributed by atoms with E-state index >= 15 is 0 Å². The molecule has 2 aromatic rings. The first-order chi connectivity index (χ1) is 18.7. The number of benzene rings is 1. The van der Waals surface area contributed by atoms with Crippen LogP contribution in [-0.2, 0) is 27.3 Å². The van der Waals surface area contributed by atoms with Gasteiger partial charge in [0.25, 0.3) is 0 Å². The van der Waals surface area contributed by atoms with Crippen LogP contribution in [-0.4, -0.2) is 72.0 Å². The molecule has 1 amide bonds. The standard InChI is InChI=1S/C29H45Cl2N5O3/c1-6-39-29(38)25(15-19(2)3)34-28(37)23(32-5)8-10-27-33-24-17-22(35(13-11-30)14-12-31)7-9-26(24)36(27)18-21-16-20(21)4/h7,9,17,19-21,23,25,32H,6,8,10-16,18H2,1-5H3,(H,34,37)/t20?,21-,23+,25+/m1/s1. The number of nitrogens with one attached hydrogen (secondary N) is 2. The maximum absolute atomic E-state index is 13.2. The molecule has 0 saturated heterocycles. The second-order valence-corrected chi connectivity index (χ2v) is 11.7. The maximum Gasteiger partial charge on any atom is 0.328 e. The van der Waals surface area contributed by atoms with Crippen LogP contribution in [0.5, 0.6) is 0 Å². The molecular weight excluding hydrogens is 537 g/mol. The van der Waals surface area contributed by atoms with Gasteiger partial charge in [0.15, 0.2) is 0 Å². The van der Waals surface area contributed by atoms with Gasteiger partial charge in [0.05, 0.1) is 23.7 Å². The highest BCUT2D eigenvalue weighted by Gasteiger charge is 2.34. The molecule has 1 saturated carbocycles. The minimum absolute atomic E-state index is 0.199. The first kappa shape index (κ1) is 31.5. The third-order valence-corrected chi connectivity index (χ3v) is 7.83. The molecule has 0 radical (unpaired) electrons. The highest BCUT2D eigenvalue weighted by molar-refractivity contribution is 6.18. The van der Waals surface area contributed by atoms with E-state index in [0.29, 0.717) is 42.9 Å². The molecule has 4 atom stereocenters. The topological polar surface area (TPSA) is 88.5 Å². The number of carbonyl (C=O) groups excluding carboxylic acids is 2. The normalized spacial score (nSPS) is 18.3. The third kappa shape index (κ3) is 8.73. The summed E-state index contributed by atoms with van der Waals surface area (Å²) in [5.74, 6) is 3.04. The van der Waals surface area contributed by atoms with E-state index in [1.165, 1.54) is 6.42 Å². The molecule has 0 spiro atoms. The summed E-state index contributed by atoms with van der Waals surface area (Å²) in [5, 5.41) is 6.06. The van der Waals surface area contributed by atoms with Gasteiger partial charge < -0.3 is 24.8 Å². The van der Waals surface area contributed by atoms with Gasteiger partial charge in [0, 0.05) is 43.5 Å². The Kier molecular flexibility index (Phi) is 12.2. The van der Waals surface area contributed by atoms with Gasteiger partial charge in [-0.1, -0.05) is 20.8 Å². The molecule has 3 rings (SSSR count). The van der Waals surface area contributed by atoms with Crippen molar-refractivity contribution < 1.29 is 14.3 Å². The van der Waals surface area contributed by atoms with Crippen molar-refractivity contribution in [3.8, 4) is 0 Å². The number of imidazole rings is 1. The number of halogens is 2. The van der Waals surface area contributed by atoms with Crippen LogP contribution in [0.15, 0.2) is 18.2 Å². The molecule has 1 aromatic carbocycles. The number of rotatable bonds is 17. The molecule has 2 N–H and O–H groups in total. The quantitative estimate of drug-likeness (QED) is 0.210. The number of aromatic nitrogens is 2. The molecule has 1 aliphatic rings. The molecule has 1 unspecified atom stereocenters. The number of ether oxygens (including phenoxy) is 1. The van der Waals surface area contributed by atoms with Crippen LogP contribution in [0.1, 0.15) is 52.8 Å². The summed E-state index contributed by atoms with van der Waals surface area (Å²) in [5.41, 5.74) is 3.10. The Morgan fingerprint density at radius 1 is 1.21 bits per heavy atom. The van der Waals surface area contributed by atoms with Crippen LogP contribution >= 0.6 is 23.2 Å². The second kappa shape index (κ2) is 15.1. The fraction of sp³-hybridized carbons (Fsp3) is 0.690. The van der Waals surface area contributed by atoms with E-state index in [-0.39, 0.29) is 24.4 Å². The molecule has 39 heavy (non-hydrogen) atoms. The van der Waals surface area contributed by atoms with Gasteiger partial charge in [-0.3, -0.25) is 4.79 Å². The summed E-state index contributed by atoms with van der Waals surface area (Å²) in [6, 6.07) is 5.26. The van der Waals surface area contributed by atoms with E-state index in [4.69, 9.17) is 32.9 Å². The number of hydrogen-bond acceptors (Lipinski definition) is 6. The first-order valence-electron chi connectivity index (χ1n) is 14.2. The van der Waals surface area contributed by atoms with E-state index in [1.807, 2.05) is 13.8 Å². The van der Waals surface area contributed by atoms with E-state index in [0.717, 1.165) is 42.2 Å². The number of hydrogen-bond donors (Lipinski definition) is 2. The monoisotopic (exact) mass is 581 g/mol. The van der Waals surface area contributed by atoms with Crippen LogP contribution in [0.3, 0.4) is 0 Å². The van der Waals surface area contributed by atoms with Gasteiger partial charge in [-0.2, -0.15) is 0 Å². The minimum atomic E-state index is -0.656. The predicted molar refractivity (Wildman–Crippen MR) is 160 cm³/mol. The molecule has 8 nitrogen and oxygen atoms in total. The highest BCUT2D eigenvalue weighted by atomic mass is 35.5. The van der Waals surface area contributed by atoms with Crippen molar-refractivity contribution in [3.63, 3.8) is 0 Å². The molecule has 1 aliphatic carbocycles. The highest BCUT2D eigenvalue weighted by Crippen LogP contribution is 2.40. The average Bonchev–Trinajstić information content (AvgIpc) is 3.49. The van der Waals surface area contributed by atoms with Crippen molar-refractivity contribution in [2.75, 3.05) is 43.4 Å². The zero-order chi connectivity index (χ0) is 28.5. The Bertz CT molecular complexity index is 1090. The Labute approximate surface area is 243 Å². The SMILES string of the molecule is CCOC(=O)[C@H](CC(C)C)NC(=O)[C@H](CCc1nc2cc(N(CCCl)CCCl)ccc2n1C[C@H]1CC1C)NC. The lowest BCUT2D eigenvalue weighted by Gasteiger charge is -2.23. The summed E-state index contributed by atoms with van der Waals surface area (Å²) in [6.45, 7) is 10.7.